The zero-order chi connectivity index (χ0) is 23.2. The number of carbonyl (C=O) groups is 1. The van der Waals surface area contributed by atoms with Gasteiger partial charge in [-0.15, -0.1) is 8.78 Å². The first-order valence-corrected chi connectivity index (χ1v) is 10.7. The smallest absolute Gasteiger partial charge is 0.395 e. The van der Waals surface area contributed by atoms with E-state index in [4.69, 9.17) is 0 Å². The van der Waals surface area contributed by atoms with E-state index in [1.807, 2.05) is 32.0 Å². The van der Waals surface area contributed by atoms with Crippen molar-refractivity contribution in [2.24, 2.45) is 0 Å². The predicted molar refractivity (Wildman–Crippen MR) is 117 cm³/mol. The van der Waals surface area contributed by atoms with Gasteiger partial charge in [0.25, 0.3) is 0 Å². The number of amides is 1. The van der Waals surface area contributed by atoms with E-state index >= 15 is 0 Å². The van der Waals surface area contributed by atoms with Gasteiger partial charge < -0.3 is 20.1 Å². The molecule has 5 rings (SSSR count). The molecule has 0 bridgehead atoms. The molecule has 1 aliphatic heterocycles. The molecule has 1 amide bonds. The van der Waals surface area contributed by atoms with E-state index in [-0.39, 0.29) is 30.0 Å². The van der Waals surface area contributed by atoms with Crippen LogP contribution in [-0.4, -0.2) is 33.0 Å². The summed E-state index contributed by atoms with van der Waals surface area (Å²) in [6, 6.07) is 10.3. The van der Waals surface area contributed by atoms with Gasteiger partial charge in [0.2, 0.25) is 5.91 Å². The molecular formula is C23H23F2N5O3. The second-order valence-electron chi connectivity index (χ2n) is 8.36. The van der Waals surface area contributed by atoms with E-state index in [0.717, 1.165) is 41.9 Å². The second-order valence-corrected chi connectivity index (χ2v) is 8.36. The first-order valence-electron chi connectivity index (χ1n) is 10.7. The highest BCUT2D eigenvalue weighted by Gasteiger charge is 2.43. The SMILES string of the molecule is Cc1cc(-c2cc(Nc3ccc4c(c3)OC(F)(F)O4)nn2CC(=O)NC2CCC2)cc(C)n1. The molecule has 8 nitrogen and oxygen atoms in total. The lowest BCUT2D eigenvalue weighted by atomic mass is 9.93. The maximum Gasteiger partial charge on any atom is 0.586 e. The van der Waals surface area contributed by atoms with Crippen molar-refractivity contribution in [3.05, 3.63) is 47.8 Å². The predicted octanol–water partition coefficient (Wildman–Crippen LogP) is 4.30. The van der Waals surface area contributed by atoms with E-state index in [1.54, 1.807) is 10.7 Å². The van der Waals surface area contributed by atoms with Crippen LogP contribution in [0, 0.1) is 13.8 Å². The van der Waals surface area contributed by atoms with Crippen molar-refractivity contribution in [3.63, 3.8) is 0 Å². The highest BCUT2D eigenvalue weighted by atomic mass is 19.3. The van der Waals surface area contributed by atoms with Crippen LogP contribution >= 0.6 is 0 Å². The number of nitrogens with zero attached hydrogens (tertiary/aromatic N) is 3. The molecular weight excluding hydrogens is 432 g/mol. The number of hydrogen-bond donors (Lipinski definition) is 2. The number of halogens is 2. The van der Waals surface area contributed by atoms with Gasteiger partial charge in [-0.1, -0.05) is 0 Å². The molecule has 0 saturated heterocycles. The van der Waals surface area contributed by atoms with Gasteiger partial charge in [-0.2, -0.15) is 5.10 Å². The summed E-state index contributed by atoms with van der Waals surface area (Å²) in [5.41, 5.74) is 3.81. The van der Waals surface area contributed by atoms with Gasteiger partial charge in [-0.3, -0.25) is 14.5 Å². The molecule has 1 saturated carbocycles. The number of aromatic nitrogens is 3. The van der Waals surface area contributed by atoms with Gasteiger partial charge in [0.1, 0.15) is 6.54 Å². The third kappa shape index (κ3) is 4.59. The number of nitrogens with one attached hydrogen (secondary N) is 2. The number of carbonyl (C=O) groups excluding carboxylic acids is 1. The highest BCUT2D eigenvalue weighted by Crippen LogP contribution is 2.42. The standard InChI is InChI=1S/C23H23F2N5O3/c1-13-8-15(9-14(2)26-13)18-11-21(29-30(18)12-22(31)28-16-4-3-5-16)27-17-6-7-19-20(10-17)33-23(24,25)32-19/h6-11,16H,3-5,12H2,1-2H3,(H,27,29)(H,28,31). The molecule has 33 heavy (non-hydrogen) atoms. The third-order valence-corrected chi connectivity index (χ3v) is 5.59. The third-order valence-electron chi connectivity index (χ3n) is 5.59. The molecule has 2 aliphatic rings. The van der Waals surface area contributed by atoms with Crippen molar-refractivity contribution in [2.75, 3.05) is 5.32 Å². The number of benzene rings is 1. The maximum absolute atomic E-state index is 13.3. The monoisotopic (exact) mass is 455 g/mol. The van der Waals surface area contributed by atoms with Crippen molar-refractivity contribution >= 4 is 17.4 Å². The number of rotatable bonds is 6. The van der Waals surface area contributed by atoms with Crippen molar-refractivity contribution < 1.29 is 23.0 Å². The van der Waals surface area contributed by atoms with Gasteiger partial charge in [0.05, 0.1) is 5.69 Å². The average Bonchev–Trinajstić information content (AvgIpc) is 3.22. The molecule has 3 heterocycles. The topological polar surface area (TPSA) is 90.3 Å². The molecule has 0 atom stereocenters. The quantitative estimate of drug-likeness (QED) is 0.576. The average molecular weight is 455 g/mol. The molecule has 0 radical (unpaired) electrons. The van der Waals surface area contributed by atoms with Gasteiger partial charge in [0.15, 0.2) is 17.3 Å². The summed E-state index contributed by atoms with van der Waals surface area (Å²) in [6.45, 7) is 3.87. The maximum atomic E-state index is 13.3. The molecule has 1 fully saturated rings. The largest absolute Gasteiger partial charge is 0.586 e. The molecule has 0 unspecified atom stereocenters. The number of aryl methyl sites for hydroxylation is 2. The molecule has 172 valence electrons. The first kappa shape index (κ1) is 21.2. The van der Waals surface area contributed by atoms with Gasteiger partial charge in [0, 0.05) is 40.8 Å². The van der Waals surface area contributed by atoms with Crippen LogP contribution in [0.4, 0.5) is 20.3 Å². The van der Waals surface area contributed by atoms with E-state index in [0.29, 0.717) is 11.5 Å². The Morgan fingerprint density at radius 2 is 1.85 bits per heavy atom. The first-order chi connectivity index (χ1) is 15.7. The molecule has 2 aromatic heterocycles. The number of fused-ring (bicyclic) bond motifs is 1. The Labute approximate surface area is 188 Å². The summed E-state index contributed by atoms with van der Waals surface area (Å²) < 4.78 is 37.2. The van der Waals surface area contributed by atoms with Crippen LogP contribution in [-0.2, 0) is 11.3 Å². The fourth-order valence-corrected chi connectivity index (χ4v) is 3.95. The minimum absolute atomic E-state index is 0.0350. The van der Waals surface area contributed by atoms with E-state index in [9.17, 15) is 13.6 Å². The van der Waals surface area contributed by atoms with Crippen LogP contribution in [0.5, 0.6) is 11.5 Å². The molecule has 2 N–H and O–H groups in total. The molecule has 1 aromatic carbocycles. The number of anilines is 2. The molecule has 10 heteroatoms. The van der Waals surface area contributed by atoms with Crippen molar-refractivity contribution in [1.29, 1.82) is 0 Å². The summed E-state index contributed by atoms with van der Waals surface area (Å²) >= 11 is 0. The van der Waals surface area contributed by atoms with Gasteiger partial charge in [-0.25, -0.2) is 0 Å². The van der Waals surface area contributed by atoms with Crippen LogP contribution in [0.2, 0.25) is 0 Å². The lowest BCUT2D eigenvalue weighted by Crippen LogP contribution is -2.41. The fourth-order valence-electron chi connectivity index (χ4n) is 3.95. The summed E-state index contributed by atoms with van der Waals surface area (Å²) in [6.07, 6.45) is -0.559. The number of alkyl halides is 2. The van der Waals surface area contributed by atoms with Crippen molar-refractivity contribution in [3.8, 4) is 22.8 Å². The Hall–Kier alpha value is -3.69. The van der Waals surface area contributed by atoms with Crippen LogP contribution in [0.1, 0.15) is 30.7 Å². The Bertz CT molecular complexity index is 1200. The Balaban J connectivity index is 1.43. The van der Waals surface area contributed by atoms with E-state index in [1.165, 1.54) is 12.1 Å². The fraction of sp³-hybridized carbons (Fsp3) is 0.348. The molecule has 0 spiro atoms. The van der Waals surface area contributed by atoms with Crippen LogP contribution < -0.4 is 20.1 Å². The number of pyridine rings is 1. The van der Waals surface area contributed by atoms with Gasteiger partial charge >= 0.3 is 6.29 Å². The van der Waals surface area contributed by atoms with E-state index in [2.05, 4.69) is 30.2 Å². The lowest BCUT2D eigenvalue weighted by molar-refractivity contribution is -0.286. The van der Waals surface area contributed by atoms with Crippen LogP contribution in [0.15, 0.2) is 36.4 Å². The Morgan fingerprint density at radius 1 is 1.12 bits per heavy atom. The van der Waals surface area contributed by atoms with Crippen LogP contribution in [0.25, 0.3) is 11.3 Å². The minimum Gasteiger partial charge on any atom is -0.395 e. The Morgan fingerprint density at radius 3 is 2.55 bits per heavy atom. The normalized spacial score (nSPS) is 16.4. The molecule has 3 aromatic rings. The second kappa shape index (κ2) is 8.02. The molecule has 1 aliphatic carbocycles. The summed E-state index contributed by atoms with van der Waals surface area (Å²) in [7, 11) is 0. The number of ether oxygens (including phenoxy) is 2. The zero-order valence-corrected chi connectivity index (χ0v) is 18.2. The van der Waals surface area contributed by atoms with E-state index < -0.39 is 6.29 Å². The summed E-state index contributed by atoms with van der Waals surface area (Å²) in [4.78, 5) is 17.0. The zero-order valence-electron chi connectivity index (χ0n) is 18.2. The van der Waals surface area contributed by atoms with Crippen molar-refractivity contribution in [1.82, 2.24) is 20.1 Å². The Kier molecular flexibility index (Phi) is 5.15. The van der Waals surface area contributed by atoms with Crippen LogP contribution in [0.3, 0.4) is 0 Å². The highest BCUT2D eigenvalue weighted by molar-refractivity contribution is 5.78. The van der Waals surface area contributed by atoms with Gasteiger partial charge in [-0.05, 0) is 57.4 Å². The summed E-state index contributed by atoms with van der Waals surface area (Å²) in [5, 5.41) is 10.7. The van der Waals surface area contributed by atoms with Crippen molar-refractivity contribution in [2.45, 2.75) is 52.0 Å². The minimum atomic E-state index is -3.68. The summed E-state index contributed by atoms with van der Waals surface area (Å²) in [5.74, 6) is 0.250. The lowest BCUT2D eigenvalue weighted by Gasteiger charge is -2.26. The number of hydrogen-bond acceptors (Lipinski definition) is 6.